The van der Waals surface area contributed by atoms with Crippen molar-refractivity contribution in [1.82, 2.24) is 19.6 Å². The molecule has 18 nitrogen and oxygen atoms in total. The van der Waals surface area contributed by atoms with E-state index in [1.165, 1.54) is 17.2 Å². The molecule has 11 rings (SSSR count). The predicted molar refractivity (Wildman–Crippen MR) is 268 cm³/mol. The summed E-state index contributed by atoms with van der Waals surface area (Å²) in [6, 6.07) is 20.4. The topological polar surface area (TPSA) is 203 Å². The Balaban J connectivity index is 0.887. The van der Waals surface area contributed by atoms with E-state index in [1.54, 1.807) is 12.3 Å². The number of piperidine rings is 1. The highest BCUT2D eigenvalue weighted by Crippen LogP contribution is 2.54. The quantitative estimate of drug-likeness (QED) is 0.0806. The normalized spacial score (nSPS) is 23.3. The van der Waals surface area contributed by atoms with Gasteiger partial charge in [-0.15, -0.1) is 0 Å². The number of pyridine rings is 1. The van der Waals surface area contributed by atoms with Crippen LogP contribution in [0.3, 0.4) is 0 Å². The fourth-order valence-corrected chi connectivity index (χ4v) is 12.7. The van der Waals surface area contributed by atoms with E-state index in [4.69, 9.17) is 28.7 Å². The van der Waals surface area contributed by atoms with E-state index in [1.807, 2.05) is 38.1 Å². The first kappa shape index (κ1) is 47.3. The van der Waals surface area contributed by atoms with Gasteiger partial charge in [0.05, 0.1) is 71.7 Å². The van der Waals surface area contributed by atoms with Gasteiger partial charge in [0.2, 0.25) is 5.88 Å². The lowest BCUT2D eigenvalue weighted by Crippen LogP contribution is -2.58. The van der Waals surface area contributed by atoms with Crippen LogP contribution >= 0.6 is 0 Å². The number of aromatic amines is 1. The van der Waals surface area contributed by atoms with Crippen molar-refractivity contribution in [2.45, 2.75) is 107 Å². The molecule has 1 saturated carbocycles. The van der Waals surface area contributed by atoms with Gasteiger partial charge in [0, 0.05) is 61.7 Å². The third kappa shape index (κ3) is 9.04. The van der Waals surface area contributed by atoms with E-state index in [2.05, 4.69) is 67.8 Å². The molecule has 1 aliphatic carbocycles. The lowest BCUT2D eigenvalue weighted by atomic mass is 9.59. The third-order valence-electron chi connectivity index (χ3n) is 15.4. The van der Waals surface area contributed by atoms with Gasteiger partial charge in [-0.25, -0.2) is 13.1 Å². The number of sulfonamides is 1. The van der Waals surface area contributed by atoms with Crippen LogP contribution in [0.15, 0.2) is 77.8 Å². The molecular weight excluding hydrogens is 929 g/mol. The summed E-state index contributed by atoms with van der Waals surface area (Å²) in [5.74, 6) is -0.135. The van der Waals surface area contributed by atoms with E-state index in [0.717, 1.165) is 69.1 Å². The number of carbonyl (C=O) groups excluding carboxylic acids is 1. The minimum Gasteiger partial charge on any atom is -0.489 e. The van der Waals surface area contributed by atoms with Crippen molar-refractivity contribution in [3.63, 3.8) is 0 Å². The second-order valence-electron chi connectivity index (χ2n) is 20.6. The maximum absolute atomic E-state index is 14.8. The van der Waals surface area contributed by atoms with E-state index in [9.17, 15) is 23.3 Å². The zero-order chi connectivity index (χ0) is 49.2. The van der Waals surface area contributed by atoms with Gasteiger partial charge in [-0.1, -0.05) is 38.1 Å². The number of ether oxygens (including phenoxy) is 5. The van der Waals surface area contributed by atoms with Gasteiger partial charge >= 0.3 is 0 Å². The summed E-state index contributed by atoms with van der Waals surface area (Å²) in [4.78, 5) is 41.2. The number of H-pyrrole nitrogens is 1. The van der Waals surface area contributed by atoms with Crippen LogP contribution in [0.1, 0.15) is 93.2 Å². The number of aromatic nitrogens is 2. The zero-order valence-corrected chi connectivity index (χ0v) is 41.4. The Morgan fingerprint density at radius 2 is 1.77 bits per heavy atom. The second kappa shape index (κ2) is 18.9. The molecule has 0 unspecified atom stereocenters. The molecule has 4 atom stereocenters. The average Bonchev–Trinajstić information content (AvgIpc) is 3.82. The van der Waals surface area contributed by atoms with Crippen molar-refractivity contribution in [3.05, 3.63) is 99.7 Å². The Labute approximate surface area is 413 Å². The lowest BCUT2D eigenvalue weighted by Gasteiger charge is -2.57. The van der Waals surface area contributed by atoms with Crippen LogP contribution < -0.4 is 29.3 Å². The van der Waals surface area contributed by atoms with Gasteiger partial charge in [0.1, 0.15) is 24.0 Å². The minimum absolute atomic E-state index is 0.0182. The van der Waals surface area contributed by atoms with Crippen LogP contribution in [0, 0.1) is 15.5 Å². The number of hydrogen-bond acceptors (Lipinski definition) is 15. The summed E-state index contributed by atoms with van der Waals surface area (Å²) in [7, 11) is -4.70. The van der Waals surface area contributed by atoms with Gasteiger partial charge in [-0.3, -0.25) is 19.8 Å². The number of carbonyl (C=O) groups is 1. The first-order valence-electron chi connectivity index (χ1n) is 25.0. The number of morpholine rings is 1. The second-order valence-corrected chi connectivity index (χ2v) is 22.3. The van der Waals surface area contributed by atoms with Gasteiger partial charge in [0.25, 0.3) is 21.6 Å². The van der Waals surface area contributed by atoms with E-state index in [0.29, 0.717) is 61.1 Å². The number of amides is 1. The van der Waals surface area contributed by atoms with E-state index < -0.39 is 43.6 Å². The molecule has 2 aromatic heterocycles. The van der Waals surface area contributed by atoms with Crippen LogP contribution in [0.25, 0.3) is 11.0 Å². The Bertz CT molecular complexity index is 2950. The first-order valence-corrected chi connectivity index (χ1v) is 26.5. The fraction of sp³-hybridized carbons (Fsp3) is 0.500. The molecule has 71 heavy (non-hydrogen) atoms. The molecule has 6 aliphatic rings. The molecule has 1 spiro atoms. The summed E-state index contributed by atoms with van der Waals surface area (Å²) < 4.78 is 60.9. The number of nitro benzene ring substituents is 1. The predicted octanol–water partition coefficient (Wildman–Crippen LogP) is 7.82. The van der Waals surface area contributed by atoms with Crippen molar-refractivity contribution in [3.8, 4) is 11.6 Å². The number of anilines is 4. The molecule has 5 aliphatic heterocycles. The number of hydrogen-bond donors (Lipinski definition) is 3. The highest BCUT2D eigenvalue weighted by Gasteiger charge is 2.50. The molecule has 3 aromatic carbocycles. The fourth-order valence-electron chi connectivity index (χ4n) is 11.7. The number of benzene rings is 3. The molecule has 5 aromatic rings. The summed E-state index contributed by atoms with van der Waals surface area (Å²) in [6.07, 6.45) is 6.18. The molecule has 1 amide bonds. The van der Waals surface area contributed by atoms with Gasteiger partial charge in [0.15, 0.2) is 11.4 Å². The number of nitrogens with zero attached hydrogens (tertiary/aromatic N) is 5. The maximum Gasteiger partial charge on any atom is 0.297 e. The Kier molecular flexibility index (Phi) is 12.6. The smallest absolute Gasteiger partial charge is 0.297 e. The molecule has 3 N–H and O–H groups in total. The monoisotopic (exact) mass is 990 g/mol. The standard InChI is InChI=1S/C52H62N8O10S/c1-31(2)38-7-5-6-8-39(38)45-29-67-20-18-58(45)36-25-52(26-36)13-16-57(17-14-52)35-9-10-40(42(22-35)59-41-12-19-66-30-47(41)70-51-44(59)21-33-11-15-53-49(33)55-51)50(61)56-71(64,65)37-23-43(60(62)63)48-46(24-37)69-28-34(54-48)27-68-32(3)4/h5-11,15,21-24,31-32,34,36,41,45,47,54H,12-14,16-20,25-30H2,1-4H3,(H,53,55)(H,56,61)/t34-,41-,45-,47-/m0/s1. The molecule has 4 fully saturated rings. The van der Waals surface area contributed by atoms with Gasteiger partial charge < -0.3 is 43.8 Å². The average molecular weight is 991 g/mol. The van der Waals surface area contributed by atoms with Crippen LogP contribution in [0.4, 0.5) is 28.4 Å². The van der Waals surface area contributed by atoms with E-state index in [-0.39, 0.29) is 53.8 Å². The van der Waals surface area contributed by atoms with Crippen LogP contribution in [0.2, 0.25) is 0 Å². The lowest BCUT2D eigenvalue weighted by molar-refractivity contribution is -0.384. The number of nitrogens with one attached hydrogen (secondary N) is 3. The van der Waals surface area contributed by atoms with Crippen molar-refractivity contribution in [2.24, 2.45) is 5.41 Å². The van der Waals surface area contributed by atoms with Crippen LogP contribution in [0.5, 0.6) is 11.6 Å². The van der Waals surface area contributed by atoms with Crippen LogP contribution in [-0.2, 0) is 24.2 Å². The SMILES string of the molecule is CC(C)OC[C@H]1COc2cc(S(=O)(=O)NC(=O)c3ccc(N4CCC5(CC4)CC(N4CCOC[C@H]4c4ccccc4C(C)C)C5)cc3N3c4cc5cc[nH]c5nc4O[C@H]4COCC[C@@H]43)cc([N+](=O)[O-])c2N1. The molecule has 0 radical (unpaired) electrons. The summed E-state index contributed by atoms with van der Waals surface area (Å²) in [6.45, 7) is 13.3. The number of nitro groups is 1. The first-order chi connectivity index (χ1) is 34.2. The molecular formula is C52H62N8O10S. The molecule has 376 valence electrons. The highest BCUT2D eigenvalue weighted by atomic mass is 32.2. The highest BCUT2D eigenvalue weighted by molar-refractivity contribution is 7.90. The summed E-state index contributed by atoms with van der Waals surface area (Å²) in [5.41, 5.74) is 5.29. The van der Waals surface area contributed by atoms with Crippen molar-refractivity contribution >= 4 is 55.4 Å². The van der Waals surface area contributed by atoms with E-state index >= 15 is 0 Å². The van der Waals surface area contributed by atoms with Crippen molar-refractivity contribution < 1.29 is 41.8 Å². The zero-order valence-electron chi connectivity index (χ0n) is 40.6. The Hall–Kier alpha value is -5.99. The number of fused-ring (bicyclic) bond motifs is 4. The molecule has 19 heteroatoms. The van der Waals surface area contributed by atoms with Crippen molar-refractivity contribution in [1.29, 1.82) is 0 Å². The van der Waals surface area contributed by atoms with Gasteiger partial charge in [-0.05, 0) is 98.7 Å². The Morgan fingerprint density at radius 3 is 2.56 bits per heavy atom. The largest absolute Gasteiger partial charge is 0.489 e. The van der Waals surface area contributed by atoms with Crippen LogP contribution in [-0.4, -0.2) is 124 Å². The maximum atomic E-state index is 14.8. The third-order valence-corrected chi connectivity index (χ3v) is 16.8. The molecule has 0 bridgehead atoms. The number of rotatable bonds is 12. The molecule has 3 saturated heterocycles. The molecule has 7 heterocycles. The minimum atomic E-state index is -4.70. The van der Waals surface area contributed by atoms with Crippen molar-refractivity contribution in [2.75, 3.05) is 74.4 Å². The summed E-state index contributed by atoms with van der Waals surface area (Å²) >= 11 is 0. The van der Waals surface area contributed by atoms with Gasteiger partial charge in [-0.2, -0.15) is 4.98 Å². The Morgan fingerprint density at radius 1 is 0.972 bits per heavy atom. The summed E-state index contributed by atoms with van der Waals surface area (Å²) in [5, 5.41) is 16.3.